The lowest BCUT2D eigenvalue weighted by molar-refractivity contribution is -0.118. The van der Waals surface area contributed by atoms with Crippen molar-refractivity contribution in [2.24, 2.45) is 10.7 Å². The first-order valence-electron chi connectivity index (χ1n) is 8.83. The van der Waals surface area contributed by atoms with Crippen molar-refractivity contribution in [1.29, 1.82) is 0 Å². The summed E-state index contributed by atoms with van der Waals surface area (Å²) in [6.07, 6.45) is 2.36. The third kappa shape index (κ3) is 5.44. The number of halogens is 1. The quantitative estimate of drug-likeness (QED) is 0.494. The van der Waals surface area contributed by atoms with E-state index in [4.69, 9.17) is 17.3 Å². The molecule has 1 aromatic carbocycles. The average Bonchev–Trinajstić information content (AvgIpc) is 2.67. The number of carbonyl (C=O) groups is 2. The molecule has 4 N–H and O–H groups in total. The third-order valence-corrected chi connectivity index (χ3v) is 4.65. The standard InChI is InChI=1S/C20H25ClN4O2/c1-4-14(11-23-18(27)10-21)24-15-5-7-16(8-6-15)25-20-13(3)19(22)12(2)9-17(20)26/h5-9,14,24H,4,10-11,22H2,1-3H3,(H,23,27). The van der Waals surface area contributed by atoms with Crippen LogP contribution in [0.25, 0.3) is 0 Å². The number of benzene rings is 1. The number of allylic oxidation sites excluding steroid dienone is 3. The Morgan fingerprint density at radius 1 is 1.26 bits per heavy atom. The van der Waals surface area contributed by atoms with Crippen molar-refractivity contribution >= 4 is 40.4 Å². The smallest absolute Gasteiger partial charge is 0.234 e. The Morgan fingerprint density at radius 2 is 1.93 bits per heavy atom. The van der Waals surface area contributed by atoms with Crippen LogP contribution in [0.3, 0.4) is 0 Å². The van der Waals surface area contributed by atoms with Gasteiger partial charge in [-0.25, -0.2) is 4.99 Å². The van der Waals surface area contributed by atoms with E-state index in [2.05, 4.69) is 15.6 Å². The first-order chi connectivity index (χ1) is 12.8. The minimum absolute atomic E-state index is 0.0444. The lowest BCUT2D eigenvalue weighted by atomic mass is 9.95. The van der Waals surface area contributed by atoms with Gasteiger partial charge in [0, 0.05) is 29.5 Å². The fourth-order valence-electron chi connectivity index (χ4n) is 2.67. The zero-order valence-electron chi connectivity index (χ0n) is 15.8. The van der Waals surface area contributed by atoms with Crippen LogP contribution in [0.2, 0.25) is 0 Å². The van der Waals surface area contributed by atoms with Gasteiger partial charge in [0.1, 0.15) is 11.6 Å². The number of hydrogen-bond donors (Lipinski definition) is 3. The second kappa shape index (κ2) is 9.37. The highest BCUT2D eigenvalue weighted by Gasteiger charge is 2.20. The highest BCUT2D eigenvalue weighted by atomic mass is 35.5. The number of alkyl halides is 1. The van der Waals surface area contributed by atoms with Gasteiger partial charge in [-0.15, -0.1) is 11.6 Å². The fourth-order valence-corrected chi connectivity index (χ4v) is 2.76. The summed E-state index contributed by atoms with van der Waals surface area (Å²) in [6, 6.07) is 7.54. The molecule has 0 radical (unpaired) electrons. The van der Waals surface area contributed by atoms with E-state index in [0.717, 1.165) is 17.7 Å². The van der Waals surface area contributed by atoms with Gasteiger partial charge in [-0.05, 0) is 56.2 Å². The summed E-state index contributed by atoms with van der Waals surface area (Å²) in [5.74, 6) is -0.369. The van der Waals surface area contributed by atoms with Crippen LogP contribution < -0.4 is 16.4 Å². The number of nitrogens with zero attached hydrogens (tertiary/aromatic N) is 1. The van der Waals surface area contributed by atoms with Gasteiger partial charge in [0.2, 0.25) is 11.7 Å². The van der Waals surface area contributed by atoms with E-state index in [1.54, 1.807) is 6.92 Å². The van der Waals surface area contributed by atoms with E-state index >= 15 is 0 Å². The van der Waals surface area contributed by atoms with Crippen LogP contribution in [0.5, 0.6) is 0 Å². The minimum Gasteiger partial charge on any atom is -0.398 e. The van der Waals surface area contributed by atoms with Gasteiger partial charge in [0.25, 0.3) is 0 Å². The molecule has 1 amide bonds. The Bertz CT molecular complexity index is 810. The molecule has 0 spiro atoms. The Labute approximate surface area is 164 Å². The molecule has 0 saturated carbocycles. The second-order valence-corrected chi connectivity index (χ2v) is 6.69. The molecule has 27 heavy (non-hydrogen) atoms. The SMILES string of the molecule is CCC(CNC(=O)CCl)Nc1ccc(N=C2C(=O)C=C(C)C(N)=C2C)cc1. The highest BCUT2D eigenvalue weighted by molar-refractivity contribution is 6.51. The van der Waals surface area contributed by atoms with Gasteiger partial charge in [-0.2, -0.15) is 0 Å². The van der Waals surface area contributed by atoms with Crippen LogP contribution in [0.4, 0.5) is 11.4 Å². The molecule has 0 bridgehead atoms. The lowest BCUT2D eigenvalue weighted by Crippen LogP contribution is -2.36. The lowest BCUT2D eigenvalue weighted by Gasteiger charge is -2.19. The first-order valence-corrected chi connectivity index (χ1v) is 9.36. The number of rotatable bonds is 7. The van der Waals surface area contributed by atoms with Crippen molar-refractivity contribution < 1.29 is 9.59 Å². The number of anilines is 1. The molecule has 1 aromatic rings. The summed E-state index contributed by atoms with van der Waals surface area (Å²) in [4.78, 5) is 28.0. The molecule has 1 atom stereocenters. The summed E-state index contributed by atoms with van der Waals surface area (Å²) >= 11 is 5.49. The summed E-state index contributed by atoms with van der Waals surface area (Å²) < 4.78 is 0. The zero-order valence-corrected chi connectivity index (χ0v) is 16.6. The van der Waals surface area contributed by atoms with E-state index in [1.807, 2.05) is 38.1 Å². The third-order valence-electron chi connectivity index (χ3n) is 4.40. The number of nitrogens with one attached hydrogen (secondary N) is 2. The molecule has 144 valence electrons. The Hall–Kier alpha value is -2.60. The molecule has 7 heteroatoms. The van der Waals surface area contributed by atoms with Crippen molar-refractivity contribution in [2.75, 3.05) is 17.7 Å². The van der Waals surface area contributed by atoms with Gasteiger partial charge < -0.3 is 16.4 Å². The van der Waals surface area contributed by atoms with Crippen molar-refractivity contribution in [3.05, 3.63) is 47.2 Å². The molecule has 1 aliphatic carbocycles. The van der Waals surface area contributed by atoms with Gasteiger partial charge in [-0.3, -0.25) is 9.59 Å². The largest absolute Gasteiger partial charge is 0.398 e. The summed E-state index contributed by atoms with van der Waals surface area (Å²) in [6.45, 7) is 6.15. The molecule has 1 aliphatic rings. The molecule has 0 saturated heterocycles. The van der Waals surface area contributed by atoms with E-state index < -0.39 is 0 Å². The van der Waals surface area contributed by atoms with Gasteiger partial charge in [-0.1, -0.05) is 6.92 Å². The summed E-state index contributed by atoms with van der Waals surface area (Å²) in [7, 11) is 0. The van der Waals surface area contributed by atoms with Crippen LogP contribution in [-0.2, 0) is 9.59 Å². The fraction of sp³-hybridized carbons (Fsp3) is 0.350. The molecule has 0 fully saturated rings. The summed E-state index contributed by atoms with van der Waals surface area (Å²) in [5, 5.41) is 6.13. The highest BCUT2D eigenvalue weighted by Crippen LogP contribution is 2.22. The first kappa shape index (κ1) is 20.7. The normalized spacial score (nSPS) is 17.0. The monoisotopic (exact) mass is 388 g/mol. The van der Waals surface area contributed by atoms with Crippen molar-refractivity contribution in [3.8, 4) is 0 Å². The molecular weight excluding hydrogens is 364 g/mol. The maximum atomic E-state index is 12.2. The Morgan fingerprint density at radius 3 is 2.52 bits per heavy atom. The summed E-state index contributed by atoms with van der Waals surface area (Å²) in [5.41, 5.74) is 10.0. The Balaban J connectivity index is 2.09. The topological polar surface area (TPSA) is 96.6 Å². The molecule has 2 rings (SSSR count). The maximum absolute atomic E-state index is 12.2. The molecule has 1 unspecified atom stereocenters. The molecule has 0 aromatic heterocycles. The van der Waals surface area contributed by atoms with Crippen molar-refractivity contribution in [3.63, 3.8) is 0 Å². The number of nitrogens with two attached hydrogens (primary N) is 1. The van der Waals surface area contributed by atoms with Crippen LogP contribution >= 0.6 is 11.6 Å². The second-order valence-electron chi connectivity index (χ2n) is 6.42. The van der Waals surface area contributed by atoms with E-state index in [-0.39, 0.29) is 23.6 Å². The molecular formula is C20H25ClN4O2. The zero-order chi connectivity index (χ0) is 20.0. The van der Waals surface area contributed by atoms with Crippen molar-refractivity contribution in [2.45, 2.75) is 33.2 Å². The van der Waals surface area contributed by atoms with Crippen LogP contribution in [0, 0.1) is 0 Å². The van der Waals surface area contributed by atoms with Crippen LogP contribution in [0.15, 0.2) is 52.2 Å². The number of carbonyl (C=O) groups excluding carboxylic acids is 2. The van der Waals surface area contributed by atoms with Crippen molar-refractivity contribution in [1.82, 2.24) is 5.32 Å². The van der Waals surface area contributed by atoms with Gasteiger partial charge in [0.15, 0.2) is 0 Å². The predicted octanol–water partition coefficient (Wildman–Crippen LogP) is 3.07. The minimum atomic E-state index is -0.188. The van der Waals surface area contributed by atoms with E-state index in [1.165, 1.54) is 6.08 Å². The van der Waals surface area contributed by atoms with E-state index in [9.17, 15) is 9.59 Å². The molecule has 0 aliphatic heterocycles. The van der Waals surface area contributed by atoms with Crippen LogP contribution in [0.1, 0.15) is 27.2 Å². The average molecular weight is 389 g/mol. The maximum Gasteiger partial charge on any atom is 0.234 e. The number of hydrogen-bond acceptors (Lipinski definition) is 5. The number of aliphatic imine (C=N–C) groups is 1. The predicted molar refractivity (Wildman–Crippen MR) is 111 cm³/mol. The molecule has 0 heterocycles. The molecule has 6 nitrogen and oxygen atoms in total. The van der Waals surface area contributed by atoms with Crippen LogP contribution in [-0.4, -0.2) is 35.9 Å². The van der Waals surface area contributed by atoms with E-state index in [0.29, 0.717) is 29.2 Å². The Kier molecular flexibility index (Phi) is 7.19. The van der Waals surface area contributed by atoms with Gasteiger partial charge in [0.05, 0.1) is 5.69 Å². The van der Waals surface area contributed by atoms with Gasteiger partial charge >= 0.3 is 0 Å². The number of amides is 1. The number of ketones is 1.